The molecule has 4 nitrogen and oxygen atoms in total. The fourth-order valence-electron chi connectivity index (χ4n) is 1.53. The lowest BCUT2D eigenvalue weighted by Gasteiger charge is -2.00. The van der Waals surface area contributed by atoms with Gasteiger partial charge in [0.25, 0.3) is 0 Å². The van der Waals surface area contributed by atoms with Gasteiger partial charge in [0.1, 0.15) is 0 Å². The molecule has 0 atom stereocenters. The lowest BCUT2D eigenvalue weighted by molar-refractivity contribution is 0.424. The van der Waals surface area contributed by atoms with Crippen LogP contribution >= 0.6 is 0 Å². The van der Waals surface area contributed by atoms with Gasteiger partial charge in [-0.3, -0.25) is 0 Å². The van der Waals surface area contributed by atoms with Crippen molar-refractivity contribution >= 4 is 0 Å². The van der Waals surface area contributed by atoms with E-state index < -0.39 is 0 Å². The normalized spacial score (nSPS) is 10.8. The van der Waals surface area contributed by atoms with Gasteiger partial charge in [-0.05, 0) is 19.1 Å². The van der Waals surface area contributed by atoms with Gasteiger partial charge >= 0.3 is 0 Å². The van der Waals surface area contributed by atoms with Crippen molar-refractivity contribution in [1.82, 2.24) is 9.72 Å². The number of rotatable bonds is 2. The molecule has 0 unspecified atom stereocenters. The zero-order valence-corrected chi connectivity index (χ0v) is 8.32. The van der Waals surface area contributed by atoms with Crippen molar-refractivity contribution in [2.75, 3.05) is 0 Å². The first-order chi connectivity index (χ1) is 6.74. The van der Waals surface area contributed by atoms with Gasteiger partial charge in [0.05, 0.1) is 11.4 Å². The van der Waals surface area contributed by atoms with E-state index >= 15 is 0 Å². The first-order valence-electron chi connectivity index (χ1n) is 4.51. The Morgan fingerprint density at radius 1 is 1.57 bits per heavy atom. The van der Waals surface area contributed by atoms with E-state index in [2.05, 4.69) is 5.16 Å². The number of hydrogen-bond acceptors (Lipinski definition) is 3. The zero-order chi connectivity index (χ0) is 10.1. The van der Waals surface area contributed by atoms with E-state index in [-0.39, 0.29) is 0 Å². The lowest BCUT2D eigenvalue weighted by atomic mass is 10.1. The molecule has 2 rings (SSSR count). The fourth-order valence-corrected chi connectivity index (χ4v) is 1.53. The molecule has 2 aromatic rings. The van der Waals surface area contributed by atoms with Gasteiger partial charge in [-0.2, -0.15) is 0 Å². The van der Waals surface area contributed by atoms with Crippen molar-refractivity contribution < 1.29 is 4.52 Å². The van der Waals surface area contributed by atoms with Gasteiger partial charge in [0.2, 0.25) is 0 Å². The molecule has 0 aliphatic rings. The van der Waals surface area contributed by atoms with E-state index in [1.807, 2.05) is 36.9 Å². The predicted molar refractivity (Wildman–Crippen MR) is 53.5 cm³/mol. The molecule has 4 heteroatoms. The Labute approximate surface area is 82.3 Å². The van der Waals surface area contributed by atoms with Crippen LogP contribution in [0.4, 0.5) is 0 Å². The zero-order valence-electron chi connectivity index (χ0n) is 8.32. The lowest BCUT2D eigenvalue weighted by Crippen LogP contribution is -2.00. The van der Waals surface area contributed by atoms with Crippen molar-refractivity contribution in [1.29, 1.82) is 0 Å². The van der Waals surface area contributed by atoms with Crippen LogP contribution in [-0.4, -0.2) is 9.72 Å². The molecule has 74 valence electrons. The largest absolute Gasteiger partial charge is 0.354 e. The smallest absolute Gasteiger partial charge is 0.187 e. The summed E-state index contributed by atoms with van der Waals surface area (Å²) in [5.74, 6) is 0.775. The predicted octanol–water partition coefficient (Wildman–Crippen LogP) is 1.45. The number of aryl methyl sites for hydroxylation is 2. The third-order valence-corrected chi connectivity index (χ3v) is 2.37. The number of nitrogens with two attached hydrogens (primary N) is 1. The molecular formula is C10H13N3O. The maximum Gasteiger partial charge on any atom is 0.187 e. The Morgan fingerprint density at radius 2 is 2.36 bits per heavy atom. The Morgan fingerprint density at radius 3 is 2.93 bits per heavy atom. The van der Waals surface area contributed by atoms with Crippen molar-refractivity contribution in [3.05, 3.63) is 29.6 Å². The van der Waals surface area contributed by atoms with Crippen molar-refractivity contribution in [2.45, 2.75) is 13.5 Å². The summed E-state index contributed by atoms with van der Waals surface area (Å²) < 4.78 is 7.25. The second-order valence-electron chi connectivity index (χ2n) is 3.28. The van der Waals surface area contributed by atoms with Gasteiger partial charge in [0, 0.05) is 25.4 Å². The average Bonchev–Trinajstić information content (AvgIpc) is 2.71. The summed E-state index contributed by atoms with van der Waals surface area (Å²) >= 11 is 0. The molecule has 0 fully saturated rings. The SMILES string of the molecule is Cc1noc(-c2cccn2C)c1CN. The second kappa shape index (κ2) is 3.31. The maximum absolute atomic E-state index is 5.64. The van der Waals surface area contributed by atoms with Crippen LogP contribution in [0.3, 0.4) is 0 Å². The Kier molecular flexibility index (Phi) is 2.13. The van der Waals surface area contributed by atoms with E-state index in [0.29, 0.717) is 6.54 Å². The molecular weight excluding hydrogens is 178 g/mol. The Hall–Kier alpha value is -1.55. The summed E-state index contributed by atoms with van der Waals surface area (Å²) in [7, 11) is 1.97. The summed E-state index contributed by atoms with van der Waals surface area (Å²) in [5, 5.41) is 3.92. The molecule has 0 amide bonds. The van der Waals surface area contributed by atoms with Crippen molar-refractivity contribution in [2.24, 2.45) is 12.8 Å². The molecule has 2 N–H and O–H groups in total. The van der Waals surface area contributed by atoms with Crippen molar-refractivity contribution in [3.63, 3.8) is 0 Å². The number of nitrogens with zero attached hydrogens (tertiary/aromatic N) is 2. The summed E-state index contributed by atoms with van der Waals surface area (Å²) in [6.45, 7) is 2.36. The average molecular weight is 191 g/mol. The highest BCUT2D eigenvalue weighted by Crippen LogP contribution is 2.25. The van der Waals surface area contributed by atoms with Gasteiger partial charge in [0.15, 0.2) is 5.76 Å². The molecule has 0 saturated carbocycles. The molecule has 0 radical (unpaired) electrons. The van der Waals surface area contributed by atoms with Gasteiger partial charge in [-0.1, -0.05) is 5.16 Å². The molecule has 0 aromatic carbocycles. The van der Waals surface area contributed by atoms with Crippen LogP contribution in [0.5, 0.6) is 0 Å². The molecule has 0 bridgehead atoms. The minimum absolute atomic E-state index is 0.454. The molecule has 0 saturated heterocycles. The van der Waals surface area contributed by atoms with E-state index in [0.717, 1.165) is 22.7 Å². The second-order valence-corrected chi connectivity index (χ2v) is 3.28. The highest BCUT2D eigenvalue weighted by molar-refractivity contribution is 5.58. The molecule has 0 aliphatic carbocycles. The van der Waals surface area contributed by atoms with E-state index in [1.54, 1.807) is 0 Å². The van der Waals surface area contributed by atoms with Crippen LogP contribution in [-0.2, 0) is 13.6 Å². The summed E-state index contributed by atoms with van der Waals surface area (Å²) in [6, 6.07) is 3.95. The molecule has 2 heterocycles. The van der Waals surface area contributed by atoms with Crippen LogP contribution in [0.1, 0.15) is 11.3 Å². The minimum Gasteiger partial charge on any atom is -0.354 e. The molecule has 0 aliphatic heterocycles. The van der Waals surface area contributed by atoms with Crippen LogP contribution in [0.15, 0.2) is 22.9 Å². The highest BCUT2D eigenvalue weighted by Gasteiger charge is 2.14. The van der Waals surface area contributed by atoms with E-state index in [9.17, 15) is 0 Å². The standard InChI is InChI=1S/C10H13N3O/c1-7-8(6-11)10(14-12-7)9-4-3-5-13(9)2/h3-5H,6,11H2,1-2H3. The van der Waals surface area contributed by atoms with Crippen LogP contribution in [0, 0.1) is 6.92 Å². The topological polar surface area (TPSA) is 57.0 Å². The van der Waals surface area contributed by atoms with Gasteiger partial charge < -0.3 is 14.8 Å². The maximum atomic E-state index is 5.64. The van der Waals surface area contributed by atoms with Crippen molar-refractivity contribution in [3.8, 4) is 11.5 Å². The highest BCUT2D eigenvalue weighted by atomic mass is 16.5. The van der Waals surface area contributed by atoms with E-state index in [4.69, 9.17) is 10.3 Å². The summed E-state index contributed by atoms with van der Waals surface area (Å²) in [6.07, 6.45) is 1.97. The van der Waals surface area contributed by atoms with Crippen LogP contribution in [0.2, 0.25) is 0 Å². The molecule has 14 heavy (non-hydrogen) atoms. The Balaban J connectivity index is 2.57. The van der Waals surface area contributed by atoms with Crippen LogP contribution < -0.4 is 5.73 Å². The fraction of sp³-hybridized carbons (Fsp3) is 0.300. The quantitative estimate of drug-likeness (QED) is 0.781. The van der Waals surface area contributed by atoms with E-state index in [1.165, 1.54) is 0 Å². The minimum atomic E-state index is 0.454. The monoisotopic (exact) mass is 191 g/mol. The van der Waals surface area contributed by atoms with Gasteiger partial charge in [-0.15, -0.1) is 0 Å². The number of hydrogen-bond donors (Lipinski definition) is 1. The summed E-state index contributed by atoms with van der Waals surface area (Å²) in [5.41, 5.74) is 8.49. The Bertz CT molecular complexity index is 442. The third kappa shape index (κ3) is 1.24. The molecule has 2 aromatic heterocycles. The first-order valence-corrected chi connectivity index (χ1v) is 4.51. The number of aromatic nitrogens is 2. The van der Waals surface area contributed by atoms with Gasteiger partial charge in [-0.25, -0.2) is 0 Å². The summed E-state index contributed by atoms with van der Waals surface area (Å²) in [4.78, 5) is 0. The van der Waals surface area contributed by atoms with Crippen LogP contribution in [0.25, 0.3) is 11.5 Å². The third-order valence-electron chi connectivity index (χ3n) is 2.37. The molecule has 0 spiro atoms. The first kappa shape index (κ1) is 9.02.